The first kappa shape index (κ1) is 20.5. The van der Waals surface area contributed by atoms with Gasteiger partial charge in [-0.15, -0.1) is 0 Å². The summed E-state index contributed by atoms with van der Waals surface area (Å²) in [6.07, 6.45) is 10.2. The average Bonchev–Trinajstić information content (AvgIpc) is 3.20. The fourth-order valence-corrected chi connectivity index (χ4v) is 7.40. The molecule has 1 aromatic heterocycles. The third-order valence-electron chi connectivity index (χ3n) is 8.50. The average molecular weight is 443 g/mol. The van der Waals surface area contributed by atoms with E-state index in [4.69, 9.17) is 0 Å². The zero-order valence-corrected chi connectivity index (χ0v) is 18.7. The number of hydrogen-bond donors (Lipinski definition) is 3. The molecule has 1 amide bonds. The fraction of sp³-hybridized carbons (Fsp3) is 0.429. The Bertz CT molecular complexity index is 1170. The van der Waals surface area contributed by atoms with Gasteiger partial charge in [-0.3, -0.25) is 4.79 Å². The molecule has 7 rings (SSSR count). The van der Waals surface area contributed by atoms with Crippen molar-refractivity contribution in [2.75, 3.05) is 0 Å². The summed E-state index contributed by atoms with van der Waals surface area (Å²) in [7, 11) is 0. The Labute approximate surface area is 193 Å². The predicted octanol–water partition coefficient (Wildman–Crippen LogP) is 5.06. The second-order valence-electron chi connectivity index (χ2n) is 10.7. The van der Waals surface area contributed by atoms with Crippen molar-refractivity contribution in [2.24, 2.45) is 17.8 Å². The molecule has 0 saturated heterocycles. The molecule has 2 aromatic carbocycles. The van der Waals surface area contributed by atoms with Gasteiger partial charge in [-0.05, 0) is 91.0 Å². The van der Waals surface area contributed by atoms with Crippen LogP contribution in [0.15, 0.2) is 54.7 Å². The van der Waals surface area contributed by atoms with Crippen molar-refractivity contribution in [3.63, 3.8) is 0 Å². The predicted molar refractivity (Wildman–Crippen MR) is 127 cm³/mol. The molecule has 1 atom stereocenters. The quantitative estimate of drug-likeness (QED) is 0.499. The van der Waals surface area contributed by atoms with Crippen molar-refractivity contribution in [2.45, 2.75) is 56.4 Å². The molecule has 0 radical (unpaired) electrons. The number of para-hydroxylation sites is 1. The van der Waals surface area contributed by atoms with Crippen LogP contribution in [0.2, 0.25) is 0 Å². The fourth-order valence-electron chi connectivity index (χ4n) is 7.40. The Hall–Kier alpha value is -3.08. The van der Waals surface area contributed by atoms with Crippen LogP contribution in [0.25, 0.3) is 10.9 Å². The van der Waals surface area contributed by atoms with Gasteiger partial charge in [0.15, 0.2) is 0 Å². The number of amides is 1. The maximum Gasteiger partial charge on any atom is 0.326 e. The van der Waals surface area contributed by atoms with Gasteiger partial charge in [-0.1, -0.05) is 30.3 Å². The highest BCUT2D eigenvalue weighted by atomic mass is 16.4. The Morgan fingerprint density at radius 2 is 1.61 bits per heavy atom. The molecule has 4 bridgehead atoms. The van der Waals surface area contributed by atoms with E-state index in [2.05, 4.69) is 22.4 Å². The molecule has 5 nitrogen and oxygen atoms in total. The smallest absolute Gasteiger partial charge is 0.326 e. The van der Waals surface area contributed by atoms with Crippen LogP contribution in [-0.4, -0.2) is 28.0 Å². The standard InChI is InChI=1S/C28H30N2O3/c31-26(30-25(27(32)33)12-21-16-29-24-4-2-1-3-23(21)24)20-5-7-22(8-6-20)28-13-17-9-18(14-28)11-19(10-17)15-28/h1-8,16-19,25,29H,9-15H2,(H,30,31)(H,32,33)/t17?,18?,19?,25-,28?/m0/s1. The molecule has 33 heavy (non-hydrogen) atoms. The number of fused-ring (bicyclic) bond motifs is 1. The van der Waals surface area contributed by atoms with Gasteiger partial charge in [0.2, 0.25) is 0 Å². The lowest BCUT2D eigenvalue weighted by Gasteiger charge is -2.57. The van der Waals surface area contributed by atoms with Gasteiger partial charge in [-0.2, -0.15) is 0 Å². The van der Waals surface area contributed by atoms with E-state index < -0.39 is 12.0 Å². The number of H-pyrrole nitrogens is 1. The molecule has 3 N–H and O–H groups in total. The van der Waals surface area contributed by atoms with E-state index in [1.54, 1.807) is 0 Å². The summed E-state index contributed by atoms with van der Waals surface area (Å²) < 4.78 is 0. The molecule has 0 aliphatic heterocycles. The second-order valence-corrected chi connectivity index (χ2v) is 10.7. The molecular weight excluding hydrogens is 412 g/mol. The molecule has 170 valence electrons. The summed E-state index contributed by atoms with van der Waals surface area (Å²) in [6, 6.07) is 14.8. The normalized spacial score (nSPS) is 28.7. The molecule has 4 aliphatic rings. The number of carboxylic acids is 1. The van der Waals surface area contributed by atoms with Crippen LogP contribution in [-0.2, 0) is 16.6 Å². The van der Waals surface area contributed by atoms with Crippen LogP contribution in [0.3, 0.4) is 0 Å². The Morgan fingerprint density at radius 3 is 2.24 bits per heavy atom. The zero-order chi connectivity index (χ0) is 22.6. The highest BCUT2D eigenvalue weighted by Crippen LogP contribution is 2.60. The molecule has 0 unspecified atom stereocenters. The number of aromatic amines is 1. The van der Waals surface area contributed by atoms with Crippen LogP contribution < -0.4 is 5.32 Å². The largest absolute Gasteiger partial charge is 0.480 e. The number of aliphatic carboxylic acids is 1. The van der Waals surface area contributed by atoms with E-state index in [9.17, 15) is 14.7 Å². The minimum absolute atomic E-state index is 0.233. The zero-order valence-electron chi connectivity index (χ0n) is 18.7. The number of carbonyl (C=O) groups excluding carboxylic acids is 1. The number of carboxylic acid groups (broad SMARTS) is 1. The highest BCUT2D eigenvalue weighted by molar-refractivity contribution is 5.97. The SMILES string of the molecule is O=C(N[C@@H](Cc1c[nH]c2ccccc12)C(=O)O)c1ccc(C23CC4CC(CC(C4)C2)C3)cc1. The summed E-state index contributed by atoms with van der Waals surface area (Å²) in [5.74, 6) is 1.26. The Morgan fingerprint density at radius 1 is 0.970 bits per heavy atom. The van der Waals surface area contributed by atoms with Crippen molar-refractivity contribution >= 4 is 22.8 Å². The van der Waals surface area contributed by atoms with Gasteiger partial charge in [-0.25, -0.2) is 4.79 Å². The lowest BCUT2D eigenvalue weighted by molar-refractivity contribution is -0.139. The third-order valence-corrected chi connectivity index (χ3v) is 8.50. The van der Waals surface area contributed by atoms with Gasteiger partial charge in [0.25, 0.3) is 5.91 Å². The summed E-state index contributed by atoms with van der Waals surface area (Å²) in [5, 5.41) is 13.5. The number of rotatable bonds is 6. The molecule has 4 saturated carbocycles. The number of hydrogen-bond acceptors (Lipinski definition) is 2. The molecule has 4 aliphatic carbocycles. The minimum Gasteiger partial charge on any atom is -0.480 e. The van der Waals surface area contributed by atoms with Crippen LogP contribution in [0, 0.1) is 17.8 Å². The number of nitrogens with one attached hydrogen (secondary N) is 2. The van der Waals surface area contributed by atoms with E-state index in [1.165, 1.54) is 44.1 Å². The van der Waals surface area contributed by atoms with Gasteiger partial charge in [0.05, 0.1) is 0 Å². The lowest BCUT2D eigenvalue weighted by Crippen LogP contribution is -2.48. The maximum atomic E-state index is 12.9. The molecule has 5 heteroatoms. The Balaban J connectivity index is 1.18. The number of carbonyl (C=O) groups is 2. The van der Waals surface area contributed by atoms with E-state index in [1.807, 2.05) is 42.6 Å². The third kappa shape index (κ3) is 3.64. The van der Waals surface area contributed by atoms with Crippen LogP contribution in [0.1, 0.15) is 60.0 Å². The van der Waals surface area contributed by atoms with Gasteiger partial charge < -0.3 is 15.4 Å². The highest BCUT2D eigenvalue weighted by Gasteiger charge is 2.51. The number of benzene rings is 2. The van der Waals surface area contributed by atoms with Gasteiger partial charge >= 0.3 is 5.97 Å². The Kier molecular flexibility index (Phi) is 4.82. The summed E-state index contributed by atoms with van der Waals surface area (Å²) >= 11 is 0. The maximum absolute atomic E-state index is 12.9. The minimum atomic E-state index is -1.03. The lowest BCUT2D eigenvalue weighted by atomic mass is 9.48. The van der Waals surface area contributed by atoms with E-state index in [0.717, 1.165) is 34.2 Å². The van der Waals surface area contributed by atoms with Crippen molar-refractivity contribution in [3.8, 4) is 0 Å². The van der Waals surface area contributed by atoms with Crippen molar-refractivity contribution in [3.05, 3.63) is 71.4 Å². The topological polar surface area (TPSA) is 82.2 Å². The van der Waals surface area contributed by atoms with Crippen molar-refractivity contribution in [1.82, 2.24) is 10.3 Å². The summed E-state index contributed by atoms with van der Waals surface area (Å²) in [6.45, 7) is 0. The van der Waals surface area contributed by atoms with E-state index in [-0.39, 0.29) is 12.3 Å². The van der Waals surface area contributed by atoms with Crippen LogP contribution >= 0.6 is 0 Å². The monoisotopic (exact) mass is 442 g/mol. The molecular formula is C28H30N2O3. The van der Waals surface area contributed by atoms with Crippen LogP contribution in [0.4, 0.5) is 0 Å². The van der Waals surface area contributed by atoms with Gasteiger partial charge in [0, 0.05) is 29.1 Å². The van der Waals surface area contributed by atoms with Crippen molar-refractivity contribution < 1.29 is 14.7 Å². The molecule has 0 spiro atoms. The summed E-state index contributed by atoms with van der Waals surface area (Å²) in [5.41, 5.74) is 4.03. The first-order valence-electron chi connectivity index (χ1n) is 12.2. The number of aromatic nitrogens is 1. The first-order valence-corrected chi connectivity index (χ1v) is 12.2. The first-order chi connectivity index (χ1) is 16.0. The second kappa shape index (κ2) is 7.75. The van der Waals surface area contributed by atoms with Gasteiger partial charge in [0.1, 0.15) is 6.04 Å². The van der Waals surface area contributed by atoms with E-state index in [0.29, 0.717) is 11.0 Å². The van der Waals surface area contributed by atoms with Crippen LogP contribution in [0.5, 0.6) is 0 Å². The molecule has 1 heterocycles. The summed E-state index contributed by atoms with van der Waals surface area (Å²) in [4.78, 5) is 28.0. The van der Waals surface area contributed by atoms with E-state index >= 15 is 0 Å². The van der Waals surface area contributed by atoms with Crippen molar-refractivity contribution in [1.29, 1.82) is 0 Å². The molecule has 3 aromatic rings. The molecule has 4 fully saturated rings.